The largest absolute Gasteiger partial charge is 0.289 e. The molecule has 0 atom stereocenters. The molecule has 48 heavy (non-hydrogen) atoms. The second-order valence-corrected chi connectivity index (χ2v) is 12.0. The highest BCUT2D eigenvalue weighted by Gasteiger charge is 2.27. The van der Waals surface area contributed by atoms with E-state index in [1.165, 1.54) is 0 Å². The van der Waals surface area contributed by atoms with Crippen molar-refractivity contribution in [2.45, 2.75) is 37.4 Å². The fourth-order valence-electron chi connectivity index (χ4n) is 5.99. The van der Waals surface area contributed by atoms with Crippen LogP contribution in [0, 0.1) is 0 Å². The Morgan fingerprint density at radius 3 is 0.917 bits per heavy atom. The third-order valence-electron chi connectivity index (χ3n) is 8.55. The molecule has 0 spiro atoms. The van der Waals surface area contributed by atoms with E-state index in [0.717, 1.165) is 69.7 Å². The molecule has 234 valence electrons. The summed E-state index contributed by atoms with van der Waals surface area (Å²) in [4.78, 5) is 28.6. The average Bonchev–Trinajstić information content (AvgIpc) is 3.17. The van der Waals surface area contributed by atoms with Crippen molar-refractivity contribution in [1.29, 1.82) is 0 Å². The molecule has 0 bridgehead atoms. The van der Waals surface area contributed by atoms with Crippen molar-refractivity contribution < 1.29 is 0 Å². The SMILES string of the molecule is C(=NC1CC(N=Cc2ccc(-c3ccccn3)cc2)CC(N=Cc2ccc(-c3ccccn3)cc2)C1)c1ccc(-c2ccccn2)cc1. The van der Waals surface area contributed by atoms with Crippen LogP contribution in [0.5, 0.6) is 0 Å². The zero-order valence-electron chi connectivity index (χ0n) is 26.6. The molecular formula is C42H36N6. The van der Waals surface area contributed by atoms with Gasteiger partial charge in [-0.2, -0.15) is 0 Å². The van der Waals surface area contributed by atoms with Crippen molar-refractivity contribution in [1.82, 2.24) is 15.0 Å². The minimum Gasteiger partial charge on any atom is -0.289 e. The lowest BCUT2D eigenvalue weighted by Gasteiger charge is -2.29. The van der Waals surface area contributed by atoms with Crippen LogP contribution >= 0.6 is 0 Å². The molecule has 0 aliphatic heterocycles. The summed E-state index contributed by atoms with van der Waals surface area (Å²) in [6.07, 6.45) is 14.1. The maximum atomic E-state index is 5.05. The zero-order valence-corrected chi connectivity index (χ0v) is 26.6. The Hall–Kier alpha value is -5.88. The summed E-state index contributed by atoms with van der Waals surface area (Å²) < 4.78 is 0. The quantitative estimate of drug-likeness (QED) is 0.151. The summed E-state index contributed by atoms with van der Waals surface area (Å²) >= 11 is 0. The molecule has 0 unspecified atom stereocenters. The molecule has 3 aromatic heterocycles. The molecule has 1 saturated carbocycles. The van der Waals surface area contributed by atoms with Gasteiger partial charge in [-0.3, -0.25) is 29.9 Å². The molecule has 0 amide bonds. The highest BCUT2D eigenvalue weighted by molar-refractivity contribution is 5.82. The molecule has 6 nitrogen and oxygen atoms in total. The van der Waals surface area contributed by atoms with Crippen molar-refractivity contribution in [3.05, 3.63) is 163 Å². The van der Waals surface area contributed by atoms with Crippen LogP contribution in [0.2, 0.25) is 0 Å². The Bertz CT molecular complexity index is 1730. The van der Waals surface area contributed by atoms with E-state index in [1.807, 2.05) is 91.8 Å². The number of rotatable bonds is 9. The van der Waals surface area contributed by atoms with Crippen LogP contribution in [-0.2, 0) is 0 Å². The monoisotopic (exact) mass is 624 g/mol. The van der Waals surface area contributed by atoms with Gasteiger partial charge in [-0.1, -0.05) is 91.0 Å². The minimum absolute atomic E-state index is 0.122. The fourth-order valence-corrected chi connectivity index (χ4v) is 5.99. The van der Waals surface area contributed by atoms with Crippen molar-refractivity contribution >= 4 is 18.6 Å². The van der Waals surface area contributed by atoms with Crippen LogP contribution in [0.1, 0.15) is 36.0 Å². The van der Waals surface area contributed by atoms with Gasteiger partial charge in [0.2, 0.25) is 0 Å². The van der Waals surface area contributed by atoms with Gasteiger partial charge in [0.1, 0.15) is 0 Å². The van der Waals surface area contributed by atoms with Gasteiger partial charge in [0, 0.05) is 53.9 Å². The van der Waals surface area contributed by atoms with E-state index in [4.69, 9.17) is 15.0 Å². The predicted octanol–water partition coefficient (Wildman–Crippen LogP) is 8.82. The Morgan fingerprint density at radius 1 is 0.375 bits per heavy atom. The molecule has 3 heterocycles. The number of nitrogens with zero attached hydrogens (tertiary/aromatic N) is 6. The third kappa shape index (κ3) is 8.09. The lowest BCUT2D eigenvalue weighted by atomic mass is 9.88. The molecule has 3 aromatic carbocycles. The molecule has 1 aliphatic rings. The van der Waals surface area contributed by atoms with Crippen LogP contribution in [0.4, 0.5) is 0 Å². The summed E-state index contributed by atoms with van der Waals surface area (Å²) in [6.45, 7) is 0. The van der Waals surface area contributed by atoms with E-state index < -0.39 is 0 Å². The second-order valence-electron chi connectivity index (χ2n) is 12.0. The van der Waals surface area contributed by atoms with Gasteiger partial charge in [0.05, 0.1) is 35.2 Å². The Kier molecular flexibility index (Phi) is 9.70. The topological polar surface area (TPSA) is 75.8 Å². The molecule has 1 fully saturated rings. The molecule has 6 heteroatoms. The maximum absolute atomic E-state index is 5.05. The molecule has 7 rings (SSSR count). The van der Waals surface area contributed by atoms with E-state index in [-0.39, 0.29) is 18.1 Å². The van der Waals surface area contributed by atoms with Crippen molar-refractivity contribution in [2.24, 2.45) is 15.0 Å². The summed E-state index contributed by atoms with van der Waals surface area (Å²) in [6, 6.07) is 43.5. The van der Waals surface area contributed by atoms with Gasteiger partial charge < -0.3 is 0 Å². The predicted molar refractivity (Wildman–Crippen MR) is 197 cm³/mol. The number of hydrogen-bond donors (Lipinski definition) is 0. The van der Waals surface area contributed by atoms with Crippen molar-refractivity contribution in [2.75, 3.05) is 0 Å². The summed E-state index contributed by atoms with van der Waals surface area (Å²) in [5.74, 6) is 0. The number of benzene rings is 3. The lowest BCUT2D eigenvalue weighted by Crippen LogP contribution is -2.30. The third-order valence-corrected chi connectivity index (χ3v) is 8.55. The molecule has 6 aromatic rings. The van der Waals surface area contributed by atoms with E-state index >= 15 is 0 Å². The minimum atomic E-state index is 0.122. The smallest absolute Gasteiger partial charge is 0.0701 e. The van der Waals surface area contributed by atoms with Gasteiger partial charge in [-0.15, -0.1) is 0 Å². The summed E-state index contributed by atoms with van der Waals surface area (Å²) in [5.41, 5.74) is 9.39. The van der Waals surface area contributed by atoms with Gasteiger partial charge in [0.15, 0.2) is 0 Å². The van der Waals surface area contributed by atoms with Gasteiger partial charge >= 0.3 is 0 Å². The van der Waals surface area contributed by atoms with E-state index in [1.54, 1.807) is 0 Å². The van der Waals surface area contributed by atoms with Crippen LogP contribution in [0.25, 0.3) is 33.8 Å². The first-order valence-corrected chi connectivity index (χ1v) is 16.4. The van der Waals surface area contributed by atoms with Crippen LogP contribution in [-0.4, -0.2) is 51.7 Å². The number of hydrogen-bond acceptors (Lipinski definition) is 6. The van der Waals surface area contributed by atoms with Crippen LogP contribution in [0.3, 0.4) is 0 Å². The lowest BCUT2D eigenvalue weighted by molar-refractivity contribution is 0.358. The maximum Gasteiger partial charge on any atom is 0.0701 e. The van der Waals surface area contributed by atoms with Crippen LogP contribution in [0.15, 0.2) is 161 Å². The highest BCUT2D eigenvalue weighted by Crippen LogP contribution is 2.27. The van der Waals surface area contributed by atoms with E-state index in [2.05, 4.69) is 87.7 Å². The Balaban J connectivity index is 1.06. The number of pyridine rings is 3. The summed E-state index contributed by atoms with van der Waals surface area (Å²) in [5, 5.41) is 0. The first-order valence-electron chi connectivity index (χ1n) is 16.4. The molecule has 0 N–H and O–H groups in total. The fraction of sp³-hybridized carbons (Fsp3) is 0.143. The Labute approximate surface area is 281 Å². The van der Waals surface area contributed by atoms with Crippen molar-refractivity contribution in [3.63, 3.8) is 0 Å². The van der Waals surface area contributed by atoms with E-state index in [0.29, 0.717) is 0 Å². The first kappa shape index (κ1) is 30.8. The molecule has 0 radical (unpaired) electrons. The normalized spacial score (nSPS) is 18.1. The van der Waals surface area contributed by atoms with Gasteiger partial charge in [0.25, 0.3) is 0 Å². The van der Waals surface area contributed by atoms with Gasteiger partial charge in [-0.05, 0) is 72.4 Å². The van der Waals surface area contributed by atoms with Gasteiger partial charge in [-0.25, -0.2) is 0 Å². The van der Waals surface area contributed by atoms with Crippen LogP contribution < -0.4 is 0 Å². The average molecular weight is 625 g/mol. The van der Waals surface area contributed by atoms with Crippen molar-refractivity contribution in [3.8, 4) is 33.8 Å². The second kappa shape index (κ2) is 15.1. The molecule has 0 saturated heterocycles. The number of aromatic nitrogens is 3. The number of aliphatic imine (C=N–C) groups is 3. The van der Waals surface area contributed by atoms with E-state index in [9.17, 15) is 0 Å². The first-order chi connectivity index (χ1) is 23.7. The highest BCUT2D eigenvalue weighted by atomic mass is 14.9. The Morgan fingerprint density at radius 2 is 0.667 bits per heavy atom. The molecule has 1 aliphatic carbocycles. The molecular weight excluding hydrogens is 589 g/mol. The zero-order chi connectivity index (χ0) is 32.4. The standard InChI is InChI=1S/C42H36N6/c1-4-22-43-40(7-1)34-16-10-31(11-17-34)28-46-37-25-38(47-29-32-12-18-35(19-13-32)41-8-2-5-23-44-41)27-39(26-37)48-30-33-14-20-36(21-15-33)42-9-3-6-24-45-42/h1-24,28-30,37-39H,25-27H2. The summed E-state index contributed by atoms with van der Waals surface area (Å²) in [7, 11) is 0.